The van der Waals surface area contributed by atoms with Gasteiger partial charge in [-0.3, -0.25) is 9.59 Å². The van der Waals surface area contributed by atoms with Crippen LogP contribution in [0.1, 0.15) is 10.4 Å². The molecule has 0 saturated carbocycles. The van der Waals surface area contributed by atoms with Crippen LogP contribution in [0.25, 0.3) is 5.82 Å². The van der Waals surface area contributed by atoms with E-state index in [1.165, 1.54) is 28.1 Å². The summed E-state index contributed by atoms with van der Waals surface area (Å²) in [5.74, 6) is 0.225. The zero-order valence-electron chi connectivity index (χ0n) is 12.5. The van der Waals surface area contributed by atoms with Gasteiger partial charge in [-0.25, -0.2) is 14.3 Å². The summed E-state index contributed by atoms with van der Waals surface area (Å²) in [7, 11) is 0. The van der Waals surface area contributed by atoms with Gasteiger partial charge in [-0.15, -0.1) is 5.10 Å². The zero-order chi connectivity index (χ0) is 16.9. The lowest BCUT2D eigenvalue weighted by Crippen LogP contribution is -2.32. The maximum absolute atomic E-state index is 12.0. The van der Waals surface area contributed by atoms with Crippen molar-refractivity contribution in [2.75, 3.05) is 6.54 Å². The first kappa shape index (κ1) is 15.9. The van der Waals surface area contributed by atoms with Gasteiger partial charge >= 0.3 is 0 Å². The number of carbonyl (C=O) groups is 1. The quantitative estimate of drug-likeness (QED) is 0.742. The van der Waals surface area contributed by atoms with Crippen LogP contribution in [0.3, 0.4) is 0 Å². The predicted octanol–water partition coefficient (Wildman–Crippen LogP) is 0.907. The molecule has 122 valence electrons. The molecule has 2 heterocycles. The van der Waals surface area contributed by atoms with Crippen LogP contribution in [0.4, 0.5) is 0 Å². The van der Waals surface area contributed by atoms with Crippen molar-refractivity contribution in [3.05, 3.63) is 70.0 Å². The van der Waals surface area contributed by atoms with Gasteiger partial charge in [0, 0.05) is 23.2 Å². The maximum Gasteiger partial charge on any atom is 0.266 e. The Bertz CT molecular complexity index is 889. The second kappa shape index (κ2) is 7.05. The van der Waals surface area contributed by atoms with E-state index in [4.69, 9.17) is 11.6 Å². The number of carbonyl (C=O) groups excluding carboxylic acids is 1. The van der Waals surface area contributed by atoms with Gasteiger partial charge in [0.1, 0.15) is 12.7 Å². The first-order valence-corrected chi connectivity index (χ1v) is 7.48. The highest BCUT2D eigenvalue weighted by atomic mass is 35.5. The Balaban J connectivity index is 1.64. The minimum atomic E-state index is -0.264. The summed E-state index contributed by atoms with van der Waals surface area (Å²) < 4.78 is 2.71. The highest BCUT2D eigenvalue weighted by Gasteiger charge is 2.06. The Hall–Kier alpha value is -3.00. The van der Waals surface area contributed by atoms with E-state index in [0.717, 1.165) is 0 Å². The molecule has 3 aromatic rings. The molecular formula is C15H13ClN6O2. The van der Waals surface area contributed by atoms with E-state index in [2.05, 4.69) is 20.5 Å². The molecule has 24 heavy (non-hydrogen) atoms. The molecule has 1 aromatic carbocycles. The standard InChI is InChI=1S/C15H13ClN6O2/c16-12-3-1-11(2-4-12)15(24)18-7-8-21-14(23)6-5-13(20-21)22-10-17-9-19-22/h1-6,9-10H,7-8H2,(H,18,24). The zero-order valence-corrected chi connectivity index (χ0v) is 13.2. The Morgan fingerprint density at radius 1 is 1.17 bits per heavy atom. The fourth-order valence-corrected chi connectivity index (χ4v) is 2.15. The molecule has 0 radical (unpaired) electrons. The Morgan fingerprint density at radius 2 is 1.96 bits per heavy atom. The third-order valence-corrected chi connectivity index (χ3v) is 3.47. The van der Waals surface area contributed by atoms with Crippen molar-refractivity contribution in [1.29, 1.82) is 0 Å². The molecule has 0 saturated heterocycles. The van der Waals surface area contributed by atoms with E-state index >= 15 is 0 Å². The summed E-state index contributed by atoms with van der Waals surface area (Å²) in [5.41, 5.74) is 0.232. The number of benzene rings is 1. The van der Waals surface area contributed by atoms with Crippen molar-refractivity contribution >= 4 is 17.5 Å². The number of rotatable bonds is 5. The molecular weight excluding hydrogens is 332 g/mol. The van der Waals surface area contributed by atoms with Crippen LogP contribution in [0.2, 0.25) is 5.02 Å². The predicted molar refractivity (Wildman–Crippen MR) is 87.2 cm³/mol. The van der Waals surface area contributed by atoms with Crippen LogP contribution in [-0.2, 0) is 6.54 Å². The molecule has 9 heteroatoms. The Kier molecular flexibility index (Phi) is 4.66. The Morgan fingerprint density at radius 3 is 2.67 bits per heavy atom. The first-order valence-electron chi connectivity index (χ1n) is 7.10. The molecule has 1 amide bonds. The van der Waals surface area contributed by atoms with Crippen LogP contribution in [0, 0.1) is 0 Å². The van der Waals surface area contributed by atoms with Crippen molar-refractivity contribution in [2.45, 2.75) is 6.54 Å². The highest BCUT2D eigenvalue weighted by Crippen LogP contribution is 2.09. The van der Waals surface area contributed by atoms with E-state index < -0.39 is 0 Å². The lowest BCUT2D eigenvalue weighted by molar-refractivity contribution is 0.0951. The third kappa shape index (κ3) is 3.66. The molecule has 0 fully saturated rings. The van der Waals surface area contributed by atoms with Gasteiger partial charge in [-0.1, -0.05) is 11.6 Å². The number of nitrogens with one attached hydrogen (secondary N) is 1. The lowest BCUT2D eigenvalue weighted by Gasteiger charge is -2.08. The van der Waals surface area contributed by atoms with Crippen molar-refractivity contribution in [3.63, 3.8) is 0 Å². The molecule has 2 aromatic heterocycles. The average molecular weight is 345 g/mol. The number of aromatic nitrogens is 5. The second-order valence-corrected chi connectivity index (χ2v) is 5.29. The fourth-order valence-electron chi connectivity index (χ4n) is 2.03. The molecule has 0 atom stereocenters. The molecule has 0 aliphatic heterocycles. The van der Waals surface area contributed by atoms with Gasteiger partial charge in [-0.05, 0) is 30.3 Å². The summed E-state index contributed by atoms with van der Waals surface area (Å²) in [6.45, 7) is 0.496. The fraction of sp³-hybridized carbons (Fsp3) is 0.133. The number of amides is 1. The van der Waals surface area contributed by atoms with E-state index in [1.54, 1.807) is 30.3 Å². The molecule has 1 N–H and O–H groups in total. The summed E-state index contributed by atoms with van der Waals surface area (Å²) in [4.78, 5) is 27.7. The van der Waals surface area contributed by atoms with Gasteiger partial charge in [0.2, 0.25) is 0 Å². The monoisotopic (exact) mass is 344 g/mol. The molecule has 0 aliphatic carbocycles. The van der Waals surface area contributed by atoms with E-state index in [-0.39, 0.29) is 24.6 Å². The van der Waals surface area contributed by atoms with Crippen LogP contribution in [0.5, 0.6) is 0 Å². The van der Waals surface area contributed by atoms with E-state index in [1.807, 2.05) is 0 Å². The third-order valence-electron chi connectivity index (χ3n) is 3.22. The van der Waals surface area contributed by atoms with Gasteiger partial charge in [-0.2, -0.15) is 5.10 Å². The minimum absolute atomic E-state index is 0.237. The van der Waals surface area contributed by atoms with Gasteiger partial charge in [0.15, 0.2) is 5.82 Å². The number of nitrogens with zero attached hydrogens (tertiary/aromatic N) is 5. The minimum Gasteiger partial charge on any atom is -0.350 e. The summed E-state index contributed by atoms with van der Waals surface area (Å²) >= 11 is 5.79. The summed E-state index contributed by atoms with van der Waals surface area (Å²) in [6.07, 6.45) is 2.86. The molecule has 0 aliphatic rings. The number of hydrogen-bond acceptors (Lipinski definition) is 5. The van der Waals surface area contributed by atoms with Gasteiger partial charge in [0.05, 0.1) is 6.54 Å². The summed E-state index contributed by atoms with van der Waals surface area (Å²) in [5, 5.41) is 11.4. The smallest absolute Gasteiger partial charge is 0.266 e. The van der Waals surface area contributed by atoms with E-state index in [9.17, 15) is 9.59 Å². The number of hydrogen-bond donors (Lipinski definition) is 1. The first-order chi connectivity index (χ1) is 11.6. The van der Waals surface area contributed by atoms with Gasteiger partial charge < -0.3 is 5.32 Å². The van der Waals surface area contributed by atoms with Gasteiger partial charge in [0.25, 0.3) is 11.5 Å². The normalized spacial score (nSPS) is 10.5. The van der Waals surface area contributed by atoms with Crippen LogP contribution in [-0.4, -0.2) is 37.0 Å². The van der Waals surface area contributed by atoms with Crippen molar-refractivity contribution in [2.24, 2.45) is 0 Å². The molecule has 3 rings (SSSR count). The van der Waals surface area contributed by atoms with Crippen LogP contribution < -0.4 is 10.9 Å². The molecule has 0 unspecified atom stereocenters. The van der Waals surface area contributed by atoms with Crippen LogP contribution >= 0.6 is 11.6 Å². The lowest BCUT2D eigenvalue weighted by atomic mass is 10.2. The Labute approximate surface area is 141 Å². The SMILES string of the molecule is O=C(NCCn1nc(-n2cncn2)ccc1=O)c1ccc(Cl)cc1. The van der Waals surface area contributed by atoms with Crippen molar-refractivity contribution in [1.82, 2.24) is 29.9 Å². The average Bonchev–Trinajstić information content (AvgIpc) is 3.11. The second-order valence-electron chi connectivity index (χ2n) is 4.86. The van der Waals surface area contributed by atoms with E-state index in [0.29, 0.717) is 16.4 Å². The molecule has 0 spiro atoms. The molecule has 0 bridgehead atoms. The largest absolute Gasteiger partial charge is 0.350 e. The summed E-state index contributed by atoms with van der Waals surface area (Å²) in [6, 6.07) is 9.50. The van der Waals surface area contributed by atoms with Crippen molar-refractivity contribution < 1.29 is 4.79 Å². The number of halogens is 1. The maximum atomic E-state index is 12.0. The molecule has 8 nitrogen and oxygen atoms in total. The van der Waals surface area contributed by atoms with Crippen molar-refractivity contribution in [3.8, 4) is 5.82 Å². The topological polar surface area (TPSA) is 94.7 Å². The van der Waals surface area contributed by atoms with Crippen LogP contribution in [0.15, 0.2) is 53.8 Å². The highest BCUT2D eigenvalue weighted by molar-refractivity contribution is 6.30.